The highest BCUT2D eigenvalue weighted by atomic mass is 35.5. The topological polar surface area (TPSA) is 73.8 Å². The van der Waals surface area contributed by atoms with Gasteiger partial charge >= 0.3 is 0 Å². The van der Waals surface area contributed by atoms with Gasteiger partial charge in [-0.05, 0) is 81.1 Å². The molecule has 1 aromatic heterocycles. The number of thiazole rings is 1. The van der Waals surface area contributed by atoms with E-state index in [0.29, 0.717) is 23.8 Å². The largest absolute Gasteiger partial charge is 0.302 e. The van der Waals surface area contributed by atoms with E-state index in [0.717, 1.165) is 60.4 Å². The number of thioether (sulfide) groups is 1. The number of amides is 1. The first-order valence-corrected chi connectivity index (χ1v) is 16.9. The monoisotopic (exact) mass is 610 g/mol. The quantitative estimate of drug-likeness (QED) is 0.235. The van der Waals surface area contributed by atoms with E-state index in [-0.39, 0.29) is 29.3 Å². The molecule has 1 atom stereocenters. The zero-order valence-electron chi connectivity index (χ0n) is 23.1. The first-order valence-electron chi connectivity index (χ1n) is 13.4. The fraction of sp³-hybridized carbons (Fsp3) is 0.500. The number of piperidine rings is 1. The number of fused-ring (bicyclic) bond motifs is 1. The highest BCUT2D eigenvalue weighted by molar-refractivity contribution is 7.98. The highest BCUT2D eigenvalue weighted by Crippen LogP contribution is 2.33. The van der Waals surface area contributed by atoms with Crippen molar-refractivity contribution in [1.82, 2.24) is 14.2 Å². The van der Waals surface area contributed by atoms with Crippen LogP contribution < -0.4 is 4.90 Å². The SMILES string of the molecule is CCC1CCCCN1S(=O)(=O)c1ccc(C(=O)N(CCN(CC)CC)c2nc3ccc(SC)cc3s2)cc1.Cl. The predicted molar refractivity (Wildman–Crippen MR) is 166 cm³/mol. The van der Waals surface area contributed by atoms with Gasteiger partial charge in [0.25, 0.3) is 5.91 Å². The smallest absolute Gasteiger partial charge is 0.260 e. The van der Waals surface area contributed by atoms with Gasteiger partial charge in [0.15, 0.2) is 5.13 Å². The van der Waals surface area contributed by atoms with Gasteiger partial charge in [-0.2, -0.15) is 4.31 Å². The van der Waals surface area contributed by atoms with Crippen LogP contribution in [0, 0.1) is 0 Å². The van der Waals surface area contributed by atoms with Crippen molar-refractivity contribution in [3.63, 3.8) is 0 Å². The second-order valence-electron chi connectivity index (χ2n) is 9.51. The van der Waals surface area contributed by atoms with Crippen LogP contribution in [0.5, 0.6) is 0 Å². The van der Waals surface area contributed by atoms with E-state index in [2.05, 4.69) is 24.8 Å². The molecule has 7 nitrogen and oxygen atoms in total. The lowest BCUT2D eigenvalue weighted by molar-refractivity contribution is 0.0983. The van der Waals surface area contributed by atoms with Crippen molar-refractivity contribution in [2.75, 3.05) is 43.9 Å². The fourth-order valence-corrected chi connectivity index (χ4v) is 8.27. The van der Waals surface area contributed by atoms with Gasteiger partial charge in [-0.25, -0.2) is 13.4 Å². The average Bonchev–Trinajstić information content (AvgIpc) is 3.38. The molecule has 0 bridgehead atoms. The summed E-state index contributed by atoms with van der Waals surface area (Å²) in [6.07, 6.45) is 5.69. The van der Waals surface area contributed by atoms with Crippen LogP contribution in [0.25, 0.3) is 10.2 Å². The molecule has 4 rings (SSSR count). The molecule has 1 amide bonds. The van der Waals surface area contributed by atoms with Gasteiger partial charge in [-0.1, -0.05) is 38.5 Å². The maximum atomic E-state index is 13.8. The van der Waals surface area contributed by atoms with Crippen LogP contribution in [0.1, 0.15) is 56.8 Å². The standard InChI is InChI=1S/C28H38N4O3S3.ClH/c1-5-22-10-8-9-17-32(22)38(34,35)24-14-11-21(12-15-24)27(33)31(19-18-30(6-2)7-3)28-29-25-16-13-23(36-4)20-26(25)37-28;/h11-16,20,22H,5-10,17-19H2,1-4H3;1H. The van der Waals surface area contributed by atoms with Gasteiger partial charge in [-0.3, -0.25) is 9.69 Å². The number of sulfonamides is 1. The third-order valence-electron chi connectivity index (χ3n) is 7.35. The summed E-state index contributed by atoms with van der Waals surface area (Å²) >= 11 is 3.19. The second kappa shape index (κ2) is 14.3. The molecule has 0 radical (unpaired) electrons. The van der Waals surface area contributed by atoms with Crippen molar-refractivity contribution in [3.05, 3.63) is 48.0 Å². The average molecular weight is 611 g/mol. The summed E-state index contributed by atoms with van der Waals surface area (Å²) in [5, 5.41) is 0.659. The first-order chi connectivity index (χ1) is 18.3. The third-order valence-corrected chi connectivity index (χ3v) is 11.1. The van der Waals surface area contributed by atoms with Crippen LogP contribution in [0.3, 0.4) is 0 Å². The number of rotatable bonds is 11. The number of halogens is 1. The van der Waals surface area contributed by atoms with Crippen LogP contribution >= 0.6 is 35.5 Å². The Labute approximate surface area is 247 Å². The molecule has 1 aliphatic heterocycles. The number of hydrogen-bond acceptors (Lipinski definition) is 7. The summed E-state index contributed by atoms with van der Waals surface area (Å²) in [4.78, 5) is 24.0. The maximum Gasteiger partial charge on any atom is 0.260 e. The van der Waals surface area contributed by atoms with Gasteiger partial charge in [0.1, 0.15) is 0 Å². The Morgan fingerprint density at radius 1 is 1.08 bits per heavy atom. The molecule has 0 aliphatic carbocycles. The van der Waals surface area contributed by atoms with E-state index < -0.39 is 10.0 Å². The highest BCUT2D eigenvalue weighted by Gasteiger charge is 2.32. The lowest BCUT2D eigenvalue weighted by Crippen LogP contribution is -2.43. The lowest BCUT2D eigenvalue weighted by Gasteiger charge is -2.34. The summed E-state index contributed by atoms with van der Waals surface area (Å²) in [6, 6.07) is 12.6. The molecule has 1 saturated heterocycles. The van der Waals surface area contributed by atoms with Crippen molar-refractivity contribution in [2.45, 2.75) is 62.3 Å². The van der Waals surface area contributed by atoms with Gasteiger partial charge in [-0.15, -0.1) is 24.2 Å². The molecule has 2 aromatic carbocycles. The molecular weight excluding hydrogens is 572 g/mol. The van der Waals surface area contributed by atoms with E-state index in [1.807, 2.05) is 25.3 Å². The molecule has 214 valence electrons. The Hall–Kier alpha value is -1.69. The zero-order chi connectivity index (χ0) is 27.3. The number of nitrogens with zero attached hydrogens (tertiary/aromatic N) is 4. The maximum absolute atomic E-state index is 13.8. The molecule has 1 unspecified atom stereocenters. The van der Waals surface area contributed by atoms with E-state index in [9.17, 15) is 13.2 Å². The molecule has 0 N–H and O–H groups in total. The van der Waals surface area contributed by atoms with Crippen molar-refractivity contribution < 1.29 is 13.2 Å². The van der Waals surface area contributed by atoms with Gasteiger partial charge < -0.3 is 4.90 Å². The number of benzene rings is 2. The van der Waals surface area contributed by atoms with E-state index in [4.69, 9.17) is 4.98 Å². The van der Waals surface area contributed by atoms with Crippen molar-refractivity contribution in [2.24, 2.45) is 0 Å². The Balaban J connectivity index is 0.00000420. The van der Waals surface area contributed by atoms with Crippen molar-refractivity contribution in [3.8, 4) is 0 Å². The number of anilines is 1. The number of hydrogen-bond donors (Lipinski definition) is 0. The minimum Gasteiger partial charge on any atom is -0.302 e. The molecule has 1 fully saturated rings. The van der Waals surface area contributed by atoms with Crippen LogP contribution in [0.4, 0.5) is 5.13 Å². The van der Waals surface area contributed by atoms with Gasteiger partial charge in [0.05, 0.1) is 15.1 Å². The van der Waals surface area contributed by atoms with Crippen LogP contribution in [0.2, 0.25) is 0 Å². The van der Waals surface area contributed by atoms with Gasteiger partial charge in [0, 0.05) is 36.1 Å². The van der Waals surface area contributed by atoms with E-state index in [1.165, 1.54) is 11.3 Å². The van der Waals surface area contributed by atoms with Crippen molar-refractivity contribution in [1.29, 1.82) is 0 Å². The minimum atomic E-state index is -3.60. The molecular formula is C28H39ClN4O3S3. The summed E-state index contributed by atoms with van der Waals surface area (Å²) in [7, 11) is -3.60. The Morgan fingerprint density at radius 2 is 1.79 bits per heavy atom. The number of likely N-dealkylation sites (N-methyl/N-ethyl adjacent to an activating group) is 1. The molecule has 2 heterocycles. The summed E-state index contributed by atoms with van der Waals surface area (Å²) in [6.45, 7) is 9.85. The zero-order valence-corrected chi connectivity index (χ0v) is 26.4. The normalized spacial score (nSPS) is 16.4. The molecule has 1 aliphatic rings. The number of carbonyl (C=O) groups is 1. The van der Waals surface area contributed by atoms with Gasteiger partial charge in [0.2, 0.25) is 10.0 Å². The molecule has 0 saturated carbocycles. The molecule has 0 spiro atoms. The Bertz CT molecular complexity index is 1340. The third kappa shape index (κ3) is 7.15. The van der Waals surface area contributed by atoms with E-state index >= 15 is 0 Å². The lowest BCUT2D eigenvalue weighted by atomic mass is 10.0. The molecule has 3 aromatic rings. The van der Waals surface area contributed by atoms with Crippen LogP contribution in [-0.4, -0.2) is 73.5 Å². The first kappa shape index (κ1) is 31.8. The second-order valence-corrected chi connectivity index (χ2v) is 13.3. The van der Waals surface area contributed by atoms with Crippen LogP contribution in [0.15, 0.2) is 52.3 Å². The van der Waals surface area contributed by atoms with Crippen LogP contribution in [-0.2, 0) is 10.0 Å². The van der Waals surface area contributed by atoms with Crippen molar-refractivity contribution >= 4 is 66.8 Å². The number of carbonyl (C=O) groups excluding carboxylic acids is 1. The summed E-state index contributed by atoms with van der Waals surface area (Å²) in [5.74, 6) is -0.172. The van der Waals surface area contributed by atoms with E-state index in [1.54, 1.807) is 45.2 Å². The Morgan fingerprint density at radius 3 is 2.44 bits per heavy atom. The minimum absolute atomic E-state index is 0. The fourth-order valence-electron chi connectivity index (χ4n) is 4.96. The molecule has 39 heavy (non-hydrogen) atoms. The predicted octanol–water partition coefficient (Wildman–Crippen LogP) is 6.38. The molecule has 11 heteroatoms. The summed E-state index contributed by atoms with van der Waals surface area (Å²) in [5.41, 5.74) is 1.33. The number of aromatic nitrogens is 1. The summed E-state index contributed by atoms with van der Waals surface area (Å²) < 4.78 is 29.5. The Kier molecular flexibility index (Phi) is 11.7.